The first kappa shape index (κ1) is 18.7. The lowest BCUT2D eigenvalue weighted by molar-refractivity contribution is -0.918. The van der Waals surface area contributed by atoms with Crippen molar-refractivity contribution in [1.29, 1.82) is 0 Å². The molecule has 1 fully saturated rings. The SMILES string of the molecule is COc1cccc(NC(=S)NCc2ccccc2C[NH+]2CCCCC2)c1. The van der Waals surface area contributed by atoms with Gasteiger partial charge in [-0.05, 0) is 49.2 Å². The quantitative estimate of drug-likeness (QED) is 0.684. The zero-order valence-corrected chi connectivity index (χ0v) is 16.2. The first-order valence-corrected chi connectivity index (χ1v) is 9.74. The van der Waals surface area contributed by atoms with Crippen molar-refractivity contribution in [3.63, 3.8) is 0 Å². The Bertz CT molecular complexity index is 729. The first-order valence-electron chi connectivity index (χ1n) is 9.34. The number of piperidine rings is 1. The zero-order chi connectivity index (χ0) is 18.2. The summed E-state index contributed by atoms with van der Waals surface area (Å²) in [6, 6.07) is 16.4. The van der Waals surface area contributed by atoms with Gasteiger partial charge in [-0.3, -0.25) is 0 Å². The predicted molar refractivity (Wildman–Crippen MR) is 111 cm³/mol. The van der Waals surface area contributed by atoms with E-state index >= 15 is 0 Å². The minimum atomic E-state index is 0.623. The molecule has 3 rings (SSSR count). The van der Waals surface area contributed by atoms with Crippen LogP contribution >= 0.6 is 12.2 Å². The van der Waals surface area contributed by atoms with Crippen LogP contribution in [0.2, 0.25) is 0 Å². The highest BCUT2D eigenvalue weighted by Crippen LogP contribution is 2.16. The number of quaternary nitrogens is 1. The molecule has 0 spiro atoms. The number of methoxy groups -OCH3 is 1. The van der Waals surface area contributed by atoms with E-state index in [1.165, 1.54) is 43.5 Å². The van der Waals surface area contributed by atoms with Crippen LogP contribution in [0.25, 0.3) is 0 Å². The van der Waals surface area contributed by atoms with Crippen molar-refractivity contribution in [1.82, 2.24) is 5.32 Å². The normalized spacial score (nSPS) is 14.7. The fourth-order valence-electron chi connectivity index (χ4n) is 3.45. The van der Waals surface area contributed by atoms with Crippen LogP contribution in [0, 0.1) is 0 Å². The van der Waals surface area contributed by atoms with Gasteiger partial charge in [0.2, 0.25) is 0 Å². The van der Waals surface area contributed by atoms with Gasteiger partial charge in [0.15, 0.2) is 5.11 Å². The average Bonchev–Trinajstić information content (AvgIpc) is 2.68. The van der Waals surface area contributed by atoms with Crippen LogP contribution in [0.3, 0.4) is 0 Å². The molecule has 0 aromatic heterocycles. The highest BCUT2D eigenvalue weighted by atomic mass is 32.1. The van der Waals surface area contributed by atoms with Gasteiger partial charge < -0.3 is 20.3 Å². The molecule has 1 heterocycles. The van der Waals surface area contributed by atoms with Crippen molar-refractivity contribution >= 4 is 23.0 Å². The maximum atomic E-state index is 5.45. The maximum Gasteiger partial charge on any atom is 0.171 e. The summed E-state index contributed by atoms with van der Waals surface area (Å²) in [5, 5.41) is 7.18. The predicted octanol–water partition coefficient (Wildman–Crippen LogP) is 2.75. The fourth-order valence-corrected chi connectivity index (χ4v) is 3.64. The molecular formula is C21H28N3OS+. The Morgan fingerprint density at radius 1 is 1.04 bits per heavy atom. The van der Waals surface area contributed by atoms with Crippen LogP contribution < -0.4 is 20.3 Å². The van der Waals surface area contributed by atoms with E-state index in [2.05, 4.69) is 34.9 Å². The number of hydrogen-bond donors (Lipinski definition) is 3. The summed E-state index contributed by atoms with van der Waals surface area (Å²) in [4.78, 5) is 1.70. The Kier molecular flexibility index (Phi) is 6.86. The van der Waals surface area contributed by atoms with E-state index in [4.69, 9.17) is 17.0 Å². The molecule has 0 amide bonds. The Labute approximate surface area is 161 Å². The van der Waals surface area contributed by atoms with E-state index in [0.717, 1.165) is 24.5 Å². The molecule has 2 aromatic carbocycles. The summed E-state index contributed by atoms with van der Waals surface area (Å²) in [6.07, 6.45) is 4.09. The molecule has 5 heteroatoms. The Balaban J connectivity index is 1.56. The summed E-state index contributed by atoms with van der Waals surface area (Å²) >= 11 is 5.45. The van der Waals surface area contributed by atoms with Crippen LogP contribution in [0.5, 0.6) is 5.75 Å². The van der Waals surface area contributed by atoms with Gasteiger partial charge in [0.05, 0.1) is 20.2 Å². The van der Waals surface area contributed by atoms with E-state index in [1.807, 2.05) is 24.3 Å². The van der Waals surface area contributed by atoms with Crippen molar-refractivity contribution in [3.8, 4) is 5.75 Å². The molecule has 0 bridgehead atoms. The lowest BCUT2D eigenvalue weighted by atomic mass is 10.0. The smallest absolute Gasteiger partial charge is 0.171 e. The largest absolute Gasteiger partial charge is 0.497 e. The van der Waals surface area contributed by atoms with E-state index < -0.39 is 0 Å². The molecule has 0 atom stereocenters. The minimum absolute atomic E-state index is 0.623. The molecule has 2 aromatic rings. The standard InChI is InChI=1S/C21H27N3OS/c1-25-20-11-7-10-19(14-20)23-21(26)22-15-17-8-3-4-9-18(17)16-24-12-5-2-6-13-24/h3-4,7-11,14H,2,5-6,12-13,15-16H2,1H3,(H2,22,23,26)/p+1. The zero-order valence-electron chi connectivity index (χ0n) is 15.4. The molecule has 0 aliphatic carbocycles. The second-order valence-electron chi connectivity index (χ2n) is 6.80. The molecule has 0 saturated carbocycles. The van der Waals surface area contributed by atoms with Crippen molar-refractivity contribution in [3.05, 3.63) is 59.7 Å². The first-order chi connectivity index (χ1) is 12.7. The highest BCUT2D eigenvalue weighted by molar-refractivity contribution is 7.80. The number of ether oxygens (including phenoxy) is 1. The summed E-state index contributed by atoms with van der Waals surface area (Å²) in [6.45, 7) is 4.42. The molecule has 1 saturated heterocycles. The van der Waals surface area contributed by atoms with Gasteiger partial charge in [-0.25, -0.2) is 0 Å². The molecule has 26 heavy (non-hydrogen) atoms. The van der Waals surface area contributed by atoms with Crippen LogP contribution in [-0.2, 0) is 13.1 Å². The summed E-state index contributed by atoms with van der Waals surface area (Å²) in [5.41, 5.74) is 3.66. The van der Waals surface area contributed by atoms with E-state index in [-0.39, 0.29) is 0 Å². The van der Waals surface area contributed by atoms with Crippen LogP contribution in [0.4, 0.5) is 5.69 Å². The number of benzene rings is 2. The average molecular weight is 371 g/mol. The molecule has 138 valence electrons. The highest BCUT2D eigenvalue weighted by Gasteiger charge is 2.15. The van der Waals surface area contributed by atoms with Crippen LogP contribution in [0.1, 0.15) is 30.4 Å². The monoisotopic (exact) mass is 370 g/mol. The number of rotatable bonds is 6. The van der Waals surface area contributed by atoms with Gasteiger partial charge in [-0.15, -0.1) is 0 Å². The molecule has 0 unspecified atom stereocenters. The lowest BCUT2D eigenvalue weighted by Crippen LogP contribution is -3.11. The number of likely N-dealkylation sites (tertiary alicyclic amines) is 1. The fraction of sp³-hybridized carbons (Fsp3) is 0.381. The summed E-state index contributed by atoms with van der Waals surface area (Å²) in [7, 11) is 1.66. The molecule has 1 aliphatic rings. The van der Waals surface area contributed by atoms with E-state index in [1.54, 1.807) is 12.0 Å². The number of nitrogens with one attached hydrogen (secondary N) is 3. The molecule has 3 N–H and O–H groups in total. The second-order valence-corrected chi connectivity index (χ2v) is 7.20. The number of thiocarbonyl (C=S) groups is 1. The third kappa shape index (κ3) is 5.44. The van der Waals surface area contributed by atoms with Gasteiger partial charge in [0.25, 0.3) is 0 Å². The van der Waals surface area contributed by atoms with Crippen molar-refractivity contribution < 1.29 is 9.64 Å². The van der Waals surface area contributed by atoms with Gasteiger partial charge in [0, 0.05) is 23.9 Å². The third-order valence-corrected chi connectivity index (χ3v) is 5.13. The van der Waals surface area contributed by atoms with Gasteiger partial charge in [-0.1, -0.05) is 30.3 Å². The van der Waals surface area contributed by atoms with Gasteiger partial charge in [0.1, 0.15) is 12.3 Å². The topological polar surface area (TPSA) is 37.7 Å². The van der Waals surface area contributed by atoms with Gasteiger partial charge >= 0.3 is 0 Å². The second kappa shape index (κ2) is 9.55. The molecule has 4 nitrogen and oxygen atoms in total. The van der Waals surface area contributed by atoms with E-state index in [9.17, 15) is 0 Å². The van der Waals surface area contributed by atoms with E-state index in [0.29, 0.717) is 5.11 Å². The van der Waals surface area contributed by atoms with Crippen molar-refractivity contribution in [2.75, 3.05) is 25.5 Å². The summed E-state index contributed by atoms with van der Waals surface area (Å²) in [5.74, 6) is 0.813. The van der Waals surface area contributed by atoms with Gasteiger partial charge in [-0.2, -0.15) is 0 Å². The van der Waals surface area contributed by atoms with Crippen LogP contribution in [0.15, 0.2) is 48.5 Å². The molecule has 0 radical (unpaired) electrons. The molecular weight excluding hydrogens is 342 g/mol. The Morgan fingerprint density at radius 2 is 1.81 bits per heavy atom. The van der Waals surface area contributed by atoms with Crippen molar-refractivity contribution in [2.24, 2.45) is 0 Å². The Morgan fingerprint density at radius 3 is 2.58 bits per heavy atom. The molecule has 1 aliphatic heterocycles. The number of anilines is 1. The third-order valence-electron chi connectivity index (χ3n) is 4.89. The number of hydrogen-bond acceptors (Lipinski definition) is 2. The van der Waals surface area contributed by atoms with Crippen molar-refractivity contribution in [2.45, 2.75) is 32.4 Å². The Hall–Kier alpha value is -2.11. The van der Waals surface area contributed by atoms with Crippen LogP contribution in [-0.4, -0.2) is 25.3 Å². The minimum Gasteiger partial charge on any atom is -0.497 e. The summed E-state index contributed by atoms with van der Waals surface area (Å²) < 4.78 is 5.25. The lowest BCUT2D eigenvalue weighted by Gasteiger charge is -2.24. The maximum absolute atomic E-state index is 5.45.